The van der Waals surface area contributed by atoms with Crippen LogP contribution >= 0.6 is 24.0 Å². The van der Waals surface area contributed by atoms with Gasteiger partial charge in [0, 0.05) is 5.75 Å². The number of rotatable bonds is 1. The molecule has 68 valence electrons. The summed E-state index contributed by atoms with van der Waals surface area (Å²) in [4.78, 5) is 4.01. The number of hydrogen-bond acceptors (Lipinski definition) is 5. The number of aromatic nitrogens is 1. The molecular weight excluding hydrogens is 204 g/mol. The van der Waals surface area contributed by atoms with Crippen molar-refractivity contribution in [2.75, 3.05) is 5.73 Å². The van der Waals surface area contributed by atoms with Gasteiger partial charge >= 0.3 is 0 Å². The molecule has 0 spiro atoms. The molecule has 0 unspecified atom stereocenters. The van der Waals surface area contributed by atoms with Crippen LogP contribution < -0.4 is 5.73 Å². The third-order valence-electron chi connectivity index (χ3n) is 1.73. The second-order valence-corrected chi connectivity index (χ2v) is 4.05. The minimum absolute atomic E-state index is 0.175. The van der Waals surface area contributed by atoms with Crippen molar-refractivity contribution in [2.24, 2.45) is 0 Å². The fraction of sp³-hybridized carbons (Fsp3) is 0.125. The van der Waals surface area contributed by atoms with Crippen molar-refractivity contribution in [3.63, 3.8) is 0 Å². The largest absolute Gasteiger partial charge is 0.506 e. The number of hydrogen-bond donors (Lipinski definition) is 3. The van der Waals surface area contributed by atoms with Crippen LogP contribution in [0.4, 0.5) is 5.13 Å². The number of phenolic OH excluding ortho intramolecular Hbond substituents is 1. The first-order valence-corrected chi connectivity index (χ1v) is 5.14. The van der Waals surface area contributed by atoms with Gasteiger partial charge in [0.15, 0.2) is 5.13 Å². The molecule has 13 heavy (non-hydrogen) atoms. The van der Waals surface area contributed by atoms with E-state index in [0.717, 1.165) is 10.3 Å². The van der Waals surface area contributed by atoms with E-state index in [2.05, 4.69) is 17.6 Å². The van der Waals surface area contributed by atoms with E-state index in [-0.39, 0.29) is 5.75 Å². The van der Waals surface area contributed by atoms with Crippen LogP contribution in [0.2, 0.25) is 0 Å². The second kappa shape index (κ2) is 3.08. The van der Waals surface area contributed by atoms with Crippen LogP contribution in [0.5, 0.6) is 5.75 Å². The Kier molecular flexibility index (Phi) is 2.05. The Labute approximate surface area is 84.6 Å². The van der Waals surface area contributed by atoms with Crippen LogP contribution in [0.15, 0.2) is 12.1 Å². The Balaban J connectivity index is 2.75. The van der Waals surface area contributed by atoms with Crippen LogP contribution in [-0.4, -0.2) is 10.1 Å². The summed E-state index contributed by atoms with van der Waals surface area (Å²) in [7, 11) is 0. The SMILES string of the molecule is Nc1nc2c(O)cc(CS)cc2s1. The lowest BCUT2D eigenvalue weighted by molar-refractivity contribution is 0.480. The molecule has 0 bridgehead atoms. The zero-order valence-electron chi connectivity index (χ0n) is 6.69. The summed E-state index contributed by atoms with van der Waals surface area (Å²) in [6.07, 6.45) is 0. The molecule has 0 saturated carbocycles. The molecule has 3 nitrogen and oxygen atoms in total. The molecule has 5 heteroatoms. The van der Waals surface area contributed by atoms with Gasteiger partial charge < -0.3 is 10.8 Å². The maximum atomic E-state index is 9.55. The van der Waals surface area contributed by atoms with Gasteiger partial charge in [0.25, 0.3) is 0 Å². The zero-order chi connectivity index (χ0) is 9.42. The topological polar surface area (TPSA) is 59.1 Å². The predicted octanol–water partition coefficient (Wildman–Crippen LogP) is 2.01. The van der Waals surface area contributed by atoms with Crippen molar-refractivity contribution in [2.45, 2.75) is 5.75 Å². The van der Waals surface area contributed by atoms with Crippen molar-refractivity contribution in [1.82, 2.24) is 4.98 Å². The van der Waals surface area contributed by atoms with Gasteiger partial charge in [-0.2, -0.15) is 12.6 Å². The summed E-state index contributed by atoms with van der Waals surface area (Å²) in [6.45, 7) is 0. The van der Waals surface area contributed by atoms with E-state index >= 15 is 0 Å². The maximum Gasteiger partial charge on any atom is 0.181 e. The van der Waals surface area contributed by atoms with Crippen LogP contribution in [0.25, 0.3) is 10.2 Å². The summed E-state index contributed by atoms with van der Waals surface area (Å²) in [5.41, 5.74) is 7.07. The van der Waals surface area contributed by atoms with Gasteiger partial charge in [0.05, 0.1) is 4.70 Å². The third kappa shape index (κ3) is 1.45. The molecule has 2 rings (SSSR count). The Morgan fingerprint density at radius 3 is 3.00 bits per heavy atom. The number of nitrogens with two attached hydrogens (primary N) is 1. The van der Waals surface area contributed by atoms with Gasteiger partial charge in [-0.05, 0) is 17.7 Å². The van der Waals surface area contributed by atoms with E-state index in [4.69, 9.17) is 5.73 Å². The van der Waals surface area contributed by atoms with E-state index in [9.17, 15) is 5.11 Å². The van der Waals surface area contributed by atoms with Crippen LogP contribution in [-0.2, 0) is 5.75 Å². The van der Waals surface area contributed by atoms with Gasteiger partial charge in [-0.25, -0.2) is 4.98 Å². The number of thiol groups is 1. The Morgan fingerprint density at radius 2 is 2.31 bits per heavy atom. The first-order chi connectivity index (χ1) is 6.20. The van der Waals surface area contributed by atoms with Crippen molar-refractivity contribution in [3.8, 4) is 5.75 Å². The predicted molar refractivity (Wildman–Crippen MR) is 58.4 cm³/mol. The summed E-state index contributed by atoms with van der Waals surface area (Å²) in [5, 5.41) is 10.0. The molecule has 2 aromatic rings. The van der Waals surface area contributed by atoms with E-state index in [1.807, 2.05) is 6.07 Å². The smallest absolute Gasteiger partial charge is 0.181 e. The number of fused-ring (bicyclic) bond motifs is 1. The maximum absolute atomic E-state index is 9.55. The lowest BCUT2D eigenvalue weighted by Crippen LogP contribution is -1.80. The Hall–Kier alpha value is -0.940. The van der Waals surface area contributed by atoms with Gasteiger partial charge in [-0.3, -0.25) is 0 Å². The second-order valence-electron chi connectivity index (χ2n) is 2.67. The molecule has 1 aromatic heterocycles. The molecule has 0 aliphatic heterocycles. The Morgan fingerprint density at radius 1 is 1.54 bits per heavy atom. The number of benzene rings is 1. The highest BCUT2D eigenvalue weighted by Crippen LogP contribution is 2.31. The Bertz CT molecular complexity index is 453. The average Bonchev–Trinajstić information content (AvgIpc) is 2.46. The van der Waals surface area contributed by atoms with Gasteiger partial charge in [-0.15, -0.1) is 0 Å². The van der Waals surface area contributed by atoms with Gasteiger partial charge in [0.2, 0.25) is 0 Å². The third-order valence-corrected chi connectivity index (χ3v) is 2.93. The summed E-state index contributed by atoms with van der Waals surface area (Å²) in [6, 6.07) is 3.60. The fourth-order valence-electron chi connectivity index (χ4n) is 1.18. The molecule has 1 heterocycles. The van der Waals surface area contributed by atoms with E-state index < -0.39 is 0 Å². The standard InChI is InChI=1S/C8H8N2OS2/c9-8-10-7-5(11)1-4(3-12)2-6(7)13-8/h1-2,11-12H,3H2,(H2,9,10). The monoisotopic (exact) mass is 212 g/mol. The lowest BCUT2D eigenvalue weighted by atomic mass is 10.2. The number of phenols is 1. The number of aromatic hydroxyl groups is 1. The van der Waals surface area contributed by atoms with Crippen molar-refractivity contribution in [1.29, 1.82) is 0 Å². The summed E-state index contributed by atoms with van der Waals surface area (Å²) in [5.74, 6) is 0.774. The first kappa shape index (κ1) is 8.65. The normalized spacial score (nSPS) is 10.8. The molecule has 0 saturated heterocycles. The van der Waals surface area contributed by atoms with E-state index in [1.54, 1.807) is 6.07 Å². The molecule has 0 fully saturated rings. The zero-order valence-corrected chi connectivity index (χ0v) is 8.40. The average molecular weight is 212 g/mol. The van der Waals surface area contributed by atoms with Crippen LogP contribution in [0, 0.1) is 0 Å². The molecule has 3 N–H and O–H groups in total. The molecule has 0 amide bonds. The molecule has 0 atom stereocenters. The molecule has 0 radical (unpaired) electrons. The highest BCUT2D eigenvalue weighted by Gasteiger charge is 2.07. The van der Waals surface area contributed by atoms with Crippen molar-refractivity contribution in [3.05, 3.63) is 17.7 Å². The molecule has 1 aromatic carbocycles. The highest BCUT2D eigenvalue weighted by molar-refractivity contribution is 7.79. The van der Waals surface area contributed by atoms with E-state index in [0.29, 0.717) is 16.4 Å². The number of thiazole rings is 1. The molecule has 0 aliphatic rings. The summed E-state index contributed by atoms with van der Waals surface area (Å²) >= 11 is 5.50. The van der Waals surface area contributed by atoms with Gasteiger partial charge in [0.1, 0.15) is 11.3 Å². The number of anilines is 1. The number of nitrogens with zero attached hydrogens (tertiary/aromatic N) is 1. The summed E-state index contributed by atoms with van der Waals surface area (Å²) < 4.78 is 0.904. The van der Waals surface area contributed by atoms with Crippen LogP contribution in [0.3, 0.4) is 0 Å². The van der Waals surface area contributed by atoms with E-state index in [1.165, 1.54) is 11.3 Å². The van der Waals surface area contributed by atoms with Crippen molar-refractivity contribution >= 4 is 39.3 Å². The number of nitrogen functional groups attached to an aromatic ring is 1. The minimum atomic E-state index is 0.175. The highest BCUT2D eigenvalue weighted by atomic mass is 32.1. The molecule has 0 aliphatic carbocycles. The first-order valence-electron chi connectivity index (χ1n) is 3.69. The van der Waals surface area contributed by atoms with Crippen LogP contribution in [0.1, 0.15) is 5.56 Å². The van der Waals surface area contributed by atoms with Gasteiger partial charge in [-0.1, -0.05) is 11.3 Å². The molecular formula is C8H8N2OS2. The quantitative estimate of drug-likeness (QED) is 0.634. The minimum Gasteiger partial charge on any atom is -0.506 e. The fourth-order valence-corrected chi connectivity index (χ4v) is 2.18. The lowest BCUT2D eigenvalue weighted by Gasteiger charge is -1.97. The van der Waals surface area contributed by atoms with Crippen molar-refractivity contribution < 1.29 is 5.11 Å².